The number of hydrogen-bond donors (Lipinski definition) is 0. The van der Waals surface area contributed by atoms with E-state index in [0.717, 1.165) is 5.56 Å². The molecule has 3 aromatic rings. The predicted molar refractivity (Wildman–Crippen MR) is 92.8 cm³/mol. The summed E-state index contributed by atoms with van der Waals surface area (Å²) in [6.45, 7) is 0. The van der Waals surface area contributed by atoms with Gasteiger partial charge in [0.25, 0.3) is 10.9 Å². The minimum absolute atomic E-state index is 0.0201. The van der Waals surface area contributed by atoms with Crippen molar-refractivity contribution in [2.75, 3.05) is 7.11 Å². The van der Waals surface area contributed by atoms with Crippen molar-refractivity contribution in [1.29, 1.82) is 0 Å². The van der Waals surface area contributed by atoms with E-state index >= 15 is 0 Å². The predicted octanol–water partition coefficient (Wildman–Crippen LogP) is 3.87. The van der Waals surface area contributed by atoms with E-state index in [1.165, 1.54) is 31.0 Å². The first-order valence-electron chi connectivity index (χ1n) is 7.46. The molecule has 0 amide bonds. The number of aromatic nitrogens is 2. The van der Waals surface area contributed by atoms with E-state index < -0.39 is 4.92 Å². The van der Waals surface area contributed by atoms with Crippen molar-refractivity contribution in [3.05, 3.63) is 75.7 Å². The van der Waals surface area contributed by atoms with Gasteiger partial charge in [0, 0.05) is 23.4 Å². The Hall–Kier alpha value is -2.87. The summed E-state index contributed by atoms with van der Waals surface area (Å²) in [5.41, 5.74) is 1.80. The summed E-state index contributed by atoms with van der Waals surface area (Å²) < 4.78 is 10.9. The fraction of sp³-hybridized carbons (Fsp3) is 0.176. The van der Waals surface area contributed by atoms with Gasteiger partial charge in [0.05, 0.1) is 18.5 Å². The minimum Gasteiger partial charge on any atom is -0.496 e. The lowest BCUT2D eigenvalue weighted by atomic mass is 10.2. The highest BCUT2D eigenvalue weighted by atomic mass is 32.2. The van der Waals surface area contributed by atoms with E-state index in [-0.39, 0.29) is 5.69 Å². The number of non-ortho nitro benzene ring substituents is 1. The summed E-state index contributed by atoms with van der Waals surface area (Å²) in [4.78, 5) is 10.5. The summed E-state index contributed by atoms with van der Waals surface area (Å²) in [6, 6.07) is 14.3. The molecule has 0 aliphatic rings. The molecule has 0 atom stereocenters. The monoisotopic (exact) mass is 357 g/mol. The third-order valence-electron chi connectivity index (χ3n) is 3.47. The quantitative estimate of drug-likeness (QED) is 0.360. The summed E-state index contributed by atoms with van der Waals surface area (Å²) in [6.07, 6.45) is 0.564. The third-order valence-corrected chi connectivity index (χ3v) is 4.34. The van der Waals surface area contributed by atoms with Gasteiger partial charge in [-0.15, -0.1) is 10.2 Å². The molecule has 0 aliphatic heterocycles. The Morgan fingerprint density at radius 2 is 2.00 bits per heavy atom. The minimum atomic E-state index is -0.432. The zero-order valence-electron chi connectivity index (χ0n) is 13.4. The Morgan fingerprint density at radius 3 is 2.72 bits per heavy atom. The van der Waals surface area contributed by atoms with Gasteiger partial charge in [-0.25, -0.2) is 0 Å². The van der Waals surface area contributed by atoms with Crippen LogP contribution in [-0.2, 0) is 12.2 Å². The second-order valence-corrected chi connectivity index (χ2v) is 6.09. The van der Waals surface area contributed by atoms with E-state index in [1.807, 2.05) is 30.3 Å². The van der Waals surface area contributed by atoms with Crippen LogP contribution in [-0.4, -0.2) is 22.2 Å². The molecule has 3 rings (SSSR count). The highest BCUT2D eigenvalue weighted by molar-refractivity contribution is 7.98. The van der Waals surface area contributed by atoms with Crippen molar-refractivity contribution in [3.63, 3.8) is 0 Å². The van der Waals surface area contributed by atoms with Gasteiger partial charge < -0.3 is 9.15 Å². The number of nitro groups is 1. The Kier molecular flexibility index (Phi) is 5.30. The Bertz CT molecular complexity index is 867. The average Bonchev–Trinajstić information content (AvgIpc) is 3.07. The first-order valence-corrected chi connectivity index (χ1v) is 8.44. The van der Waals surface area contributed by atoms with Crippen LogP contribution in [0, 0.1) is 10.1 Å². The molecule has 0 aliphatic carbocycles. The van der Waals surface area contributed by atoms with Crippen LogP contribution in [0.5, 0.6) is 5.75 Å². The lowest BCUT2D eigenvalue weighted by Crippen LogP contribution is -1.94. The van der Waals surface area contributed by atoms with E-state index in [4.69, 9.17) is 9.15 Å². The smallest absolute Gasteiger partial charge is 0.276 e. The van der Waals surface area contributed by atoms with Crippen LogP contribution in [0.15, 0.2) is 58.2 Å². The number of rotatable bonds is 7. The number of benzene rings is 2. The van der Waals surface area contributed by atoms with E-state index in [2.05, 4.69) is 10.2 Å². The van der Waals surface area contributed by atoms with Crippen LogP contribution >= 0.6 is 11.8 Å². The summed E-state index contributed by atoms with van der Waals surface area (Å²) in [5, 5.41) is 19.4. The largest absolute Gasteiger partial charge is 0.496 e. The topological polar surface area (TPSA) is 91.3 Å². The first kappa shape index (κ1) is 17.0. The Balaban J connectivity index is 1.68. The van der Waals surface area contributed by atoms with Crippen molar-refractivity contribution >= 4 is 17.4 Å². The van der Waals surface area contributed by atoms with Crippen molar-refractivity contribution < 1.29 is 14.1 Å². The van der Waals surface area contributed by atoms with Crippen LogP contribution in [0.2, 0.25) is 0 Å². The van der Waals surface area contributed by atoms with E-state index in [9.17, 15) is 10.1 Å². The molecule has 0 bridgehead atoms. The van der Waals surface area contributed by atoms with E-state index in [1.54, 1.807) is 6.07 Å². The summed E-state index contributed by atoms with van der Waals surface area (Å²) in [5.74, 6) is 1.54. The first-order chi connectivity index (χ1) is 12.2. The van der Waals surface area contributed by atoms with Crippen molar-refractivity contribution in [2.24, 2.45) is 0 Å². The van der Waals surface area contributed by atoms with Gasteiger partial charge in [0.2, 0.25) is 5.89 Å². The number of hydrogen-bond acceptors (Lipinski definition) is 7. The number of thioether (sulfide) groups is 1. The van der Waals surface area contributed by atoms with Gasteiger partial charge in [0.1, 0.15) is 5.75 Å². The molecule has 8 heteroatoms. The summed E-state index contributed by atoms with van der Waals surface area (Å²) >= 11 is 1.31. The fourth-order valence-electron chi connectivity index (χ4n) is 2.27. The Morgan fingerprint density at radius 1 is 1.20 bits per heavy atom. The zero-order chi connectivity index (χ0) is 17.6. The van der Waals surface area contributed by atoms with Gasteiger partial charge in [-0.05, 0) is 11.6 Å². The second kappa shape index (κ2) is 7.80. The summed E-state index contributed by atoms with van der Waals surface area (Å²) in [7, 11) is 1.53. The maximum absolute atomic E-state index is 10.9. The average molecular weight is 357 g/mol. The highest BCUT2D eigenvalue weighted by Gasteiger charge is 2.14. The maximum atomic E-state index is 10.9. The lowest BCUT2D eigenvalue weighted by Gasteiger charge is -2.06. The molecular weight excluding hydrogens is 342 g/mol. The van der Waals surface area contributed by atoms with Crippen LogP contribution < -0.4 is 4.74 Å². The molecule has 0 N–H and O–H groups in total. The zero-order valence-corrected chi connectivity index (χ0v) is 14.2. The number of ether oxygens (including phenoxy) is 1. The molecule has 25 heavy (non-hydrogen) atoms. The molecule has 2 aromatic carbocycles. The van der Waals surface area contributed by atoms with Crippen molar-refractivity contribution in [1.82, 2.24) is 10.2 Å². The molecule has 0 radical (unpaired) electrons. The molecule has 0 unspecified atom stereocenters. The van der Waals surface area contributed by atoms with Crippen LogP contribution in [0.4, 0.5) is 5.69 Å². The molecule has 0 spiro atoms. The standard InChI is InChI=1S/C17H15N3O4S/c1-23-15-8-7-14(20(21)22)10-13(15)11-25-17-19-18-16(24-17)9-12-5-3-2-4-6-12/h2-8,10H,9,11H2,1H3. The van der Waals surface area contributed by atoms with Crippen LogP contribution in [0.25, 0.3) is 0 Å². The molecule has 0 saturated heterocycles. The van der Waals surface area contributed by atoms with Crippen LogP contribution in [0.1, 0.15) is 17.0 Å². The second-order valence-electron chi connectivity index (χ2n) is 5.17. The van der Waals surface area contributed by atoms with Gasteiger partial charge in [-0.3, -0.25) is 10.1 Å². The van der Waals surface area contributed by atoms with Gasteiger partial charge in [-0.1, -0.05) is 42.1 Å². The van der Waals surface area contributed by atoms with Crippen LogP contribution in [0.3, 0.4) is 0 Å². The van der Waals surface area contributed by atoms with Gasteiger partial charge >= 0.3 is 0 Å². The molecule has 128 valence electrons. The Labute approximate surface area is 148 Å². The molecule has 0 fully saturated rings. The molecule has 7 nitrogen and oxygen atoms in total. The number of nitro benzene ring substituents is 1. The SMILES string of the molecule is COc1ccc([N+](=O)[O-])cc1CSc1nnc(Cc2ccccc2)o1. The number of nitrogens with zero attached hydrogens (tertiary/aromatic N) is 3. The fourth-order valence-corrected chi connectivity index (χ4v) is 3.03. The maximum Gasteiger partial charge on any atom is 0.276 e. The van der Waals surface area contributed by atoms with Crippen molar-refractivity contribution in [2.45, 2.75) is 17.4 Å². The highest BCUT2D eigenvalue weighted by Crippen LogP contribution is 2.30. The number of methoxy groups -OCH3 is 1. The van der Waals surface area contributed by atoms with Gasteiger partial charge in [0.15, 0.2) is 0 Å². The van der Waals surface area contributed by atoms with Crippen molar-refractivity contribution in [3.8, 4) is 5.75 Å². The normalized spacial score (nSPS) is 10.6. The lowest BCUT2D eigenvalue weighted by molar-refractivity contribution is -0.384. The molecule has 1 aromatic heterocycles. The van der Waals surface area contributed by atoms with Gasteiger partial charge in [-0.2, -0.15) is 0 Å². The molecular formula is C17H15N3O4S. The molecule has 1 heterocycles. The third kappa shape index (κ3) is 4.36. The van der Waals surface area contributed by atoms with E-state index in [0.29, 0.717) is 34.6 Å². The molecule has 0 saturated carbocycles.